The van der Waals surface area contributed by atoms with E-state index in [0.29, 0.717) is 11.3 Å². The Kier molecular flexibility index (Phi) is 7.94. The van der Waals surface area contributed by atoms with E-state index in [1.165, 1.54) is 65.6 Å². The lowest BCUT2D eigenvalue weighted by atomic mass is 9.78. The van der Waals surface area contributed by atoms with Crippen LogP contribution in [0, 0.1) is 17.6 Å². The third kappa shape index (κ3) is 5.79. The molecule has 1 aliphatic heterocycles. The normalized spacial score (nSPS) is 18.2. The number of aliphatic hydroxyl groups excluding tert-OH is 1. The Labute approximate surface area is 206 Å². The van der Waals surface area contributed by atoms with Crippen LogP contribution in [0.1, 0.15) is 36.1 Å². The Bertz CT molecular complexity index is 1340. The summed E-state index contributed by atoms with van der Waals surface area (Å²) in [5, 5.41) is 21.1. The molecule has 7 N–H and O–H groups in total. The number of quaternary nitrogens is 1. The summed E-state index contributed by atoms with van der Waals surface area (Å²) in [6.45, 7) is 0. The highest BCUT2D eigenvalue weighted by Crippen LogP contribution is 2.48. The van der Waals surface area contributed by atoms with E-state index in [9.17, 15) is 36.8 Å². The van der Waals surface area contributed by atoms with Gasteiger partial charge in [-0.3, -0.25) is 9.52 Å². The number of nitrogens with zero attached hydrogens (tertiary/aromatic N) is 1. The summed E-state index contributed by atoms with van der Waals surface area (Å²) in [5.41, 5.74) is 1.01. The number of anilines is 2. The van der Waals surface area contributed by atoms with Crippen molar-refractivity contribution >= 4 is 27.6 Å². The average molecular weight is 522 g/mol. The van der Waals surface area contributed by atoms with Crippen LogP contribution >= 0.6 is 0 Å². The van der Waals surface area contributed by atoms with Gasteiger partial charge in [-0.2, -0.15) is 0 Å². The molecular weight excluding hydrogens is 496 g/mol. The predicted molar refractivity (Wildman–Crippen MR) is 128 cm³/mol. The summed E-state index contributed by atoms with van der Waals surface area (Å²) in [4.78, 5) is 14.5. The Morgan fingerprint density at radius 1 is 1.00 bits per heavy atom. The van der Waals surface area contributed by atoms with Gasteiger partial charge in [-0.25, -0.2) is 17.2 Å². The van der Waals surface area contributed by atoms with E-state index in [-0.39, 0.29) is 41.9 Å². The van der Waals surface area contributed by atoms with Crippen molar-refractivity contribution < 1.29 is 36.8 Å². The Hall–Kier alpha value is -3.58. The monoisotopic (exact) mass is 521 g/mol. The van der Waals surface area contributed by atoms with E-state index >= 15 is 0 Å². The highest BCUT2D eigenvalue weighted by atomic mass is 32.2. The number of aromatic hydroxyl groups is 1. The number of aliphatic hydroxyl groups is 1. The van der Waals surface area contributed by atoms with Crippen molar-refractivity contribution in [3.8, 4) is 5.75 Å². The van der Waals surface area contributed by atoms with Crippen LogP contribution in [0.15, 0.2) is 66.7 Å². The molecule has 1 heterocycles. The van der Waals surface area contributed by atoms with E-state index in [1.807, 2.05) is 0 Å². The van der Waals surface area contributed by atoms with Crippen LogP contribution < -0.4 is 15.8 Å². The molecule has 1 aliphatic rings. The lowest BCUT2D eigenvalue weighted by molar-refractivity contribution is -0.131. The van der Waals surface area contributed by atoms with Gasteiger partial charge in [0.1, 0.15) is 17.4 Å². The molecule has 3 unspecified atom stereocenters. The van der Waals surface area contributed by atoms with Crippen LogP contribution in [0.2, 0.25) is 0 Å². The molecule has 1 saturated heterocycles. The van der Waals surface area contributed by atoms with Gasteiger partial charge < -0.3 is 25.8 Å². The van der Waals surface area contributed by atoms with Gasteiger partial charge in [0.25, 0.3) is 0 Å². The van der Waals surface area contributed by atoms with Crippen LogP contribution in [0.5, 0.6) is 5.75 Å². The van der Waals surface area contributed by atoms with Crippen molar-refractivity contribution in [2.75, 3.05) is 9.62 Å². The van der Waals surface area contributed by atoms with Crippen LogP contribution in [0.4, 0.5) is 20.2 Å². The lowest BCUT2D eigenvalue weighted by Crippen LogP contribution is -2.55. The smallest absolute Gasteiger partial charge is 0.233 e. The van der Waals surface area contributed by atoms with Gasteiger partial charge in [0.15, 0.2) is 10.3 Å². The highest BCUT2D eigenvalue weighted by Gasteiger charge is 2.49. The summed E-state index contributed by atoms with van der Waals surface area (Å²) in [6.07, 6.45) is -0.565. The molecule has 3 aromatic rings. The largest absolute Gasteiger partial charge is 0.731 e. The van der Waals surface area contributed by atoms with Gasteiger partial charge in [-0.05, 0) is 60.9 Å². The van der Waals surface area contributed by atoms with Gasteiger partial charge >= 0.3 is 0 Å². The summed E-state index contributed by atoms with van der Waals surface area (Å²) in [5.74, 6) is -2.26. The fourth-order valence-corrected chi connectivity index (χ4v) is 4.68. The SMILES string of the molecule is O=C1C(CCC(O)c2ccc(F)cc2)C(c2ccc(NS(=O)(=O)[O-])cc2O)N1c1ccc(F)cc1.[NH4+]. The highest BCUT2D eigenvalue weighted by molar-refractivity contribution is 7.87. The van der Waals surface area contributed by atoms with Crippen LogP contribution in [0.25, 0.3) is 0 Å². The maximum Gasteiger partial charge on any atom is 0.233 e. The zero-order valence-corrected chi connectivity index (χ0v) is 20.0. The number of benzene rings is 3. The minimum absolute atomic E-state index is 0. The van der Waals surface area contributed by atoms with E-state index < -0.39 is 40.0 Å². The minimum Gasteiger partial charge on any atom is -0.731 e. The molecule has 36 heavy (non-hydrogen) atoms. The molecule has 0 spiro atoms. The predicted octanol–water partition coefficient (Wildman–Crippen LogP) is 4.14. The molecular formula is C24H25F2N3O6S. The third-order valence-corrected chi connectivity index (χ3v) is 6.40. The van der Waals surface area contributed by atoms with E-state index in [0.717, 1.165) is 6.07 Å². The van der Waals surface area contributed by atoms with Crippen LogP contribution in [0.3, 0.4) is 0 Å². The molecule has 0 radical (unpaired) electrons. The first-order valence-corrected chi connectivity index (χ1v) is 12.0. The second kappa shape index (κ2) is 10.6. The molecule has 1 fully saturated rings. The van der Waals surface area contributed by atoms with Gasteiger partial charge in [0, 0.05) is 17.3 Å². The van der Waals surface area contributed by atoms with Crippen LogP contribution in [-0.2, 0) is 15.1 Å². The molecule has 0 saturated carbocycles. The number of amides is 1. The Morgan fingerprint density at radius 3 is 2.14 bits per heavy atom. The number of phenols is 1. The number of hydrogen-bond donors (Lipinski definition) is 4. The van der Waals surface area contributed by atoms with Gasteiger partial charge in [0.05, 0.1) is 23.8 Å². The molecule has 1 amide bonds. The fraction of sp³-hybridized carbons (Fsp3) is 0.208. The van der Waals surface area contributed by atoms with Crippen molar-refractivity contribution in [3.63, 3.8) is 0 Å². The maximum absolute atomic E-state index is 13.4. The molecule has 0 bridgehead atoms. The average Bonchev–Trinajstić information content (AvgIpc) is 2.78. The second-order valence-corrected chi connectivity index (χ2v) is 9.32. The zero-order valence-electron chi connectivity index (χ0n) is 19.1. The molecule has 192 valence electrons. The lowest BCUT2D eigenvalue weighted by Gasteiger charge is -2.48. The van der Waals surface area contributed by atoms with Crippen molar-refractivity contribution in [2.24, 2.45) is 5.92 Å². The van der Waals surface area contributed by atoms with E-state index in [4.69, 9.17) is 0 Å². The number of phenolic OH excluding ortho intramolecular Hbond substituents is 1. The van der Waals surface area contributed by atoms with Gasteiger partial charge in [-0.15, -0.1) is 0 Å². The second-order valence-electron chi connectivity index (χ2n) is 8.21. The van der Waals surface area contributed by atoms with Gasteiger partial charge in [0.2, 0.25) is 5.91 Å². The van der Waals surface area contributed by atoms with Crippen molar-refractivity contribution in [1.29, 1.82) is 0 Å². The summed E-state index contributed by atoms with van der Waals surface area (Å²) in [7, 11) is -4.81. The van der Waals surface area contributed by atoms with E-state index in [1.54, 1.807) is 4.72 Å². The minimum atomic E-state index is -4.81. The summed E-state index contributed by atoms with van der Waals surface area (Å²) in [6, 6.07) is 13.6. The molecule has 3 aromatic carbocycles. The fourth-order valence-electron chi connectivity index (χ4n) is 4.27. The maximum atomic E-state index is 13.4. The molecule has 0 aliphatic carbocycles. The number of carbonyl (C=O) groups excluding carboxylic acids is 1. The first-order chi connectivity index (χ1) is 16.5. The molecule has 3 atom stereocenters. The molecule has 4 rings (SSSR count). The standard InChI is InChI=1S/C24H22F2N2O6S.H3N/c25-15-3-1-14(2-4-15)21(29)12-11-20-23(28(24(20)31)18-8-5-16(26)6-9-18)19-10-7-17(13-22(19)30)27-35(32,33)34;/h1-10,13,20-21,23,27,29-30H,11-12H2,(H,32,33,34);1H3. The Balaban J connectivity index is 0.00000361. The molecule has 0 aromatic heterocycles. The first kappa shape index (κ1) is 27.0. The quantitative estimate of drug-likeness (QED) is 0.257. The topological polar surface area (TPSA) is 166 Å². The summed E-state index contributed by atoms with van der Waals surface area (Å²) >= 11 is 0. The van der Waals surface area contributed by atoms with E-state index in [2.05, 4.69) is 0 Å². The molecule has 12 heteroatoms. The number of hydrogen-bond acceptors (Lipinski definition) is 6. The Morgan fingerprint density at radius 2 is 1.58 bits per heavy atom. The van der Waals surface area contributed by atoms with Crippen molar-refractivity contribution in [2.45, 2.75) is 25.0 Å². The number of rotatable bonds is 8. The van der Waals surface area contributed by atoms with Crippen molar-refractivity contribution in [3.05, 3.63) is 89.5 Å². The number of halogens is 2. The first-order valence-electron chi connectivity index (χ1n) is 10.6. The number of nitrogens with one attached hydrogen (secondary N) is 1. The number of β-lactam (4-membered cyclic amide) rings is 1. The molecule has 9 nitrogen and oxygen atoms in total. The van der Waals surface area contributed by atoms with Gasteiger partial charge in [-0.1, -0.05) is 18.2 Å². The number of carbonyl (C=O) groups is 1. The zero-order chi connectivity index (χ0) is 25.3. The van der Waals surface area contributed by atoms with Crippen molar-refractivity contribution in [1.82, 2.24) is 6.15 Å². The third-order valence-electron chi connectivity index (χ3n) is 5.92. The van der Waals surface area contributed by atoms with Crippen LogP contribution in [-0.4, -0.2) is 29.1 Å². The summed E-state index contributed by atoms with van der Waals surface area (Å²) < 4.78 is 61.2.